The Balaban J connectivity index is 0.948. The summed E-state index contributed by atoms with van der Waals surface area (Å²) in [7, 11) is 0. The SMILES string of the molecule is c1ccc(-c2nc3ccc(N(c4ccc5c(ccc6cc(N(c7ccc8c(c7)c7ccccc7n8-c7ccccc7)c7ccccn7)ccc65)c4)c4ccccn4)cc3o2)cc1. The highest BCUT2D eigenvalue weighted by Gasteiger charge is 2.20. The lowest BCUT2D eigenvalue weighted by atomic mass is 10.00. The van der Waals surface area contributed by atoms with Crippen molar-refractivity contribution in [2.24, 2.45) is 0 Å². The average molecular weight is 797 g/mol. The smallest absolute Gasteiger partial charge is 0.227 e. The second-order valence-corrected chi connectivity index (χ2v) is 15.3. The molecule has 0 bridgehead atoms. The Labute approximate surface area is 357 Å². The zero-order valence-corrected chi connectivity index (χ0v) is 33.4. The number of pyridine rings is 2. The topological polar surface area (TPSA) is 63.2 Å². The summed E-state index contributed by atoms with van der Waals surface area (Å²) in [5, 5.41) is 6.98. The van der Waals surface area contributed by atoms with Crippen LogP contribution < -0.4 is 9.80 Å². The van der Waals surface area contributed by atoms with E-state index in [2.05, 4.69) is 148 Å². The fourth-order valence-electron chi connectivity index (χ4n) is 8.84. The molecule has 0 aliphatic rings. The molecule has 4 aromatic heterocycles. The first kappa shape index (κ1) is 35.4. The standard InChI is InChI=1S/C55H36N6O/c1-3-13-37(14-4-1)55-58-49-29-25-44(36-52(49)62-55)60(54-20-10-12-32-57-54)42-24-28-46-39(34-42)22-21-38-33-41(23-27-45(38)46)59(53-19-9-11-31-56-53)43-26-30-51-48(35-43)47-17-7-8-18-50(47)61(51)40-15-5-2-6-16-40/h1-36H. The van der Waals surface area contributed by atoms with Crippen molar-refractivity contribution in [2.75, 3.05) is 9.80 Å². The van der Waals surface area contributed by atoms with E-state index >= 15 is 0 Å². The minimum Gasteiger partial charge on any atom is -0.436 e. The van der Waals surface area contributed by atoms with Gasteiger partial charge in [0, 0.05) is 57.5 Å². The molecule has 0 radical (unpaired) electrons. The highest BCUT2D eigenvalue weighted by molar-refractivity contribution is 6.12. The van der Waals surface area contributed by atoms with Gasteiger partial charge in [-0.05, 0) is 131 Å². The van der Waals surface area contributed by atoms with Crippen LogP contribution in [0, 0.1) is 0 Å². The van der Waals surface area contributed by atoms with E-state index in [1.807, 2.05) is 85.2 Å². The molecule has 0 spiro atoms. The van der Waals surface area contributed by atoms with Crippen LogP contribution in [-0.4, -0.2) is 19.5 Å². The van der Waals surface area contributed by atoms with Gasteiger partial charge in [-0.3, -0.25) is 9.80 Å². The highest BCUT2D eigenvalue weighted by Crippen LogP contribution is 2.42. The molecular weight excluding hydrogens is 761 g/mol. The molecule has 12 aromatic rings. The third-order valence-corrected chi connectivity index (χ3v) is 11.7. The first-order chi connectivity index (χ1) is 30.7. The Hall–Kier alpha value is -8.55. The fourth-order valence-corrected chi connectivity index (χ4v) is 8.84. The summed E-state index contributed by atoms with van der Waals surface area (Å²) in [6.07, 6.45) is 3.68. The van der Waals surface area contributed by atoms with Crippen molar-refractivity contribution in [3.63, 3.8) is 0 Å². The Morgan fingerprint density at radius 3 is 1.61 bits per heavy atom. The number of nitrogens with zero attached hydrogens (tertiary/aromatic N) is 6. The number of aromatic nitrogens is 4. The predicted octanol–water partition coefficient (Wildman–Crippen LogP) is 14.6. The zero-order valence-electron chi connectivity index (χ0n) is 33.4. The van der Waals surface area contributed by atoms with Crippen LogP contribution in [0.3, 0.4) is 0 Å². The maximum atomic E-state index is 6.30. The first-order valence-electron chi connectivity index (χ1n) is 20.7. The van der Waals surface area contributed by atoms with Gasteiger partial charge in [-0.25, -0.2) is 15.0 Å². The van der Waals surface area contributed by atoms with E-state index in [1.54, 1.807) is 0 Å². The van der Waals surface area contributed by atoms with Gasteiger partial charge in [0.15, 0.2) is 5.58 Å². The summed E-state index contributed by atoms with van der Waals surface area (Å²) in [4.78, 5) is 18.8. The summed E-state index contributed by atoms with van der Waals surface area (Å²) in [5.74, 6) is 2.24. The lowest BCUT2D eigenvalue weighted by Crippen LogP contribution is -2.11. The molecule has 292 valence electrons. The monoisotopic (exact) mass is 796 g/mol. The number of anilines is 6. The van der Waals surface area contributed by atoms with Crippen LogP contribution in [0.15, 0.2) is 223 Å². The summed E-state index contributed by atoms with van der Waals surface area (Å²) in [6.45, 7) is 0. The molecule has 0 amide bonds. The van der Waals surface area contributed by atoms with Crippen LogP contribution in [0.5, 0.6) is 0 Å². The third kappa shape index (κ3) is 6.02. The minimum absolute atomic E-state index is 0.597. The van der Waals surface area contributed by atoms with Gasteiger partial charge in [0.05, 0.1) is 16.7 Å². The van der Waals surface area contributed by atoms with Crippen LogP contribution >= 0.6 is 0 Å². The lowest BCUT2D eigenvalue weighted by molar-refractivity contribution is 0.620. The van der Waals surface area contributed by atoms with Gasteiger partial charge >= 0.3 is 0 Å². The molecule has 0 saturated heterocycles. The van der Waals surface area contributed by atoms with Gasteiger partial charge in [-0.1, -0.05) is 91.0 Å². The lowest BCUT2D eigenvalue weighted by Gasteiger charge is -2.25. The second-order valence-electron chi connectivity index (χ2n) is 15.3. The molecular formula is C55H36N6O. The summed E-state index contributed by atoms with van der Waals surface area (Å²) >= 11 is 0. The van der Waals surface area contributed by atoms with E-state index in [1.165, 1.54) is 21.7 Å². The van der Waals surface area contributed by atoms with E-state index in [9.17, 15) is 0 Å². The van der Waals surface area contributed by atoms with Gasteiger partial charge in [-0.2, -0.15) is 0 Å². The van der Waals surface area contributed by atoms with Crippen molar-refractivity contribution in [2.45, 2.75) is 0 Å². The molecule has 0 fully saturated rings. The van der Waals surface area contributed by atoms with E-state index in [4.69, 9.17) is 19.4 Å². The molecule has 0 atom stereocenters. The zero-order chi connectivity index (χ0) is 41.0. The predicted molar refractivity (Wildman–Crippen MR) is 254 cm³/mol. The summed E-state index contributed by atoms with van der Waals surface area (Å²) in [5.41, 5.74) is 9.89. The molecule has 0 N–H and O–H groups in total. The van der Waals surface area contributed by atoms with Crippen LogP contribution in [0.4, 0.5) is 34.4 Å². The van der Waals surface area contributed by atoms with Crippen molar-refractivity contribution < 1.29 is 4.42 Å². The van der Waals surface area contributed by atoms with Crippen LogP contribution in [-0.2, 0) is 0 Å². The average Bonchev–Trinajstić information content (AvgIpc) is 3.92. The van der Waals surface area contributed by atoms with Gasteiger partial charge in [0.25, 0.3) is 0 Å². The maximum Gasteiger partial charge on any atom is 0.227 e. The number of rotatable bonds is 8. The summed E-state index contributed by atoms with van der Waals surface area (Å²) in [6, 6.07) is 71.9. The molecule has 0 saturated carbocycles. The van der Waals surface area contributed by atoms with E-state index in [-0.39, 0.29) is 0 Å². The van der Waals surface area contributed by atoms with Gasteiger partial charge in [0.2, 0.25) is 5.89 Å². The second kappa shape index (κ2) is 14.6. The number of benzene rings is 8. The van der Waals surface area contributed by atoms with Crippen molar-refractivity contribution >= 4 is 88.8 Å². The first-order valence-corrected chi connectivity index (χ1v) is 20.7. The molecule has 4 heterocycles. The number of para-hydroxylation sites is 2. The quantitative estimate of drug-likeness (QED) is 0.143. The Kier molecular flexibility index (Phi) is 8.35. The van der Waals surface area contributed by atoms with E-state index < -0.39 is 0 Å². The Bertz CT molecular complexity index is 3590. The van der Waals surface area contributed by atoms with Crippen molar-refractivity contribution in [1.82, 2.24) is 19.5 Å². The van der Waals surface area contributed by atoms with Crippen LogP contribution in [0.2, 0.25) is 0 Å². The fraction of sp³-hybridized carbons (Fsp3) is 0. The normalized spacial score (nSPS) is 11.5. The summed E-state index contributed by atoms with van der Waals surface area (Å²) < 4.78 is 8.65. The van der Waals surface area contributed by atoms with E-state index in [0.29, 0.717) is 11.5 Å². The number of fused-ring (bicyclic) bond motifs is 7. The molecule has 8 aromatic carbocycles. The molecule has 0 aliphatic heterocycles. The Morgan fingerprint density at radius 2 is 0.952 bits per heavy atom. The van der Waals surface area contributed by atoms with Crippen molar-refractivity contribution in [3.05, 3.63) is 219 Å². The molecule has 0 unspecified atom stereocenters. The number of hydrogen-bond acceptors (Lipinski definition) is 6. The highest BCUT2D eigenvalue weighted by atomic mass is 16.3. The number of hydrogen-bond donors (Lipinski definition) is 0. The third-order valence-electron chi connectivity index (χ3n) is 11.7. The maximum absolute atomic E-state index is 6.30. The van der Waals surface area contributed by atoms with Crippen LogP contribution in [0.1, 0.15) is 0 Å². The molecule has 7 heteroatoms. The minimum atomic E-state index is 0.597. The molecule has 62 heavy (non-hydrogen) atoms. The largest absolute Gasteiger partial charge is 0.436 e. The number of oxazole rings is 1. The van der Waals surface area contributed by atoms with Crippen molar-refractivity contribution in [1.29, 1.82) is 0 Å². The van der Waals surface area contributed by atoms with Gasteiger partial charge in [0.1, 0.15) is 17.2 Å². The van der Waals surface area contributed by atoms with Crippen LogP contribution in [0.25, 0.3) is 71.6 Å². The molecule has 0 aliphatic carbocycles. The Morgan fingerprint density at radius 1 is 0.403 bits per heavy atom. The molecule has 7 nitrogen and oxygen atoms in total. The van der Waals surface area contributed by atoms with Gasteiger partial charge in [-0.15, -0.1) is 0 Å². The molecule has 12 rings (SSSR count). The van der Waals surface area contributed by atoms with Gasteiger partial charge < -0.3 is 8.98 Å². The van der Waals surface area contributed by atoms with Crippen molar-refractivity contribution in [3.8, 4) is 17.1 Å². The van der Waals surface area contributed by atoms with E-state index in [0.717, 1.165) is 72.8 Å².